The van der Waals surface area contributed by atoms with Crippen LogP contribution in [0, 0.1) is 11.6 Å². The monoisotopic (exact) mass is 197 g/mol. The molecule has 0 saturated heterocycles. The zero-order valence-electron chi connectivity index (χ0n) is 7.39. The summed E-state index contributed by atoms with van der Waals surface area (Å²) in [6.07, 6.45) is 1.94. The maximum absolute atomic E-state index is 13.3. The van der Waals surface area contributed by atoms with Gasteiger partial charge in [0.05, 0.1) is 11.6 Å². The van der Waals surface area contributed by atoms with E-state index in [1.54, 1.807) is 0 Å². The number of furan rings is 1. The van der Waals surface area contributed by atoms with Crippen LogP contribution in [0.15, 0.2) is 22.8 Å². The summed E-state index contributed by atoms with van der Waals surface area (Å²) < 4.78 is 31.1. The molecule has 2 N–H and O–H groups in total. The zero-order chi connectivity index (χ0) is 10.1. The lowest BCUT2D eigenvalue weighted by Crippen LogP contribution is -2.02. The minimum Gasteiger partial charge on any atom is -0.464 e. The molecule has 0 amide bonds. The first kappa shape index (κ1) is 9.15. The lowest BCUT2D eigenvalue weighted by Gasteiger charge is -1.96. The average Bonchev–Trinajstić information content (AvgIpc) is 2.49. The fraction of sp³-hybridized carbons (Fsp3) is 0.200. The van der Waals surface area contributed by atoms with Crippen LogP contribution < -0.4 is 5.73 Å². The number of hydrogen-bond donors (Lipinski definition) is 1. The Morgan fingerprint density at radius 3 is 2.79 bits per heavy atom. The van der Waals surface area contributed by atoms with Crippen molar-refractivity contribution in [1.29, 1.82) is 0 Å². The molecule has 74 valence electrons. The van der Waals surface area contributed by atoms with Gasteiger partial charge >= 0.3 is 0 Å². The number of rotatable bonds is 2. The summed E-state index contributed by atoms with van der Waals surface area (Å²) in [5.74, 6) is -1.24. The van der Waals surface area contributed by atoms with Gasteiger partial charge < -0.3 is 10.2 Å². The molecule has 0 aliphatic rings. The van der Waals surface area contributed by atoms with Crippen LogP contribution in [0.5, 0.6) is 0 Å². The molecule has 2 aromatic rings. The summed E-state index contributed by atoms with van der Waals surface area (Å²) in [6.45, 7) is 0.408. The number of benzene rings is 1. The lowest BCUT2D eigenvalue weighted by atomic mass is 10.1. The zero-order valence-corrected chi connectivity index (χ0v) is 7.39. The average molecular weight is 197 g/mol. The normalized spacial score (nSPS) is 11.1. The summed E-state index contributed by atoms with van der Waals surface area (Å²) in [4.78, 5) is 0. The summed E-state index contributed by atoms with van der Waals surface area (Å²) in [5, 5.41) is 0.330. The third-order valence-corrected chi connectivity index (χ3v) is 2.08. The van der Waals surface area contributed by atoms with Crippen molar-refractivity contribution in [2.24, 2.45) is 5.73 Å². The predicted octanol–water partition coefficient (Wildman–Crippen LogP) is 2.21. The molecule has 14 heavy (non-hydrogen) atoms. The Bertz CT molecular complexity index is 464. The molecule has 0 atom stereocenters. The molecule has 0 spiro atoms. The van der Waals surface area contributed by atoms with Crippen LogP contribution in [0.4, 0.5) is 8.78 Å². The van der Waals surface area contributed by atoms with Crippen molar-refractivity contribution in [3.05, 3.63) is 35.6 Å². The van der Waals surface area contributed by atoms with Gasteiger partial charge in [0.2, 0.25) is 0 Å². The summed E-state index contributed by atoms with van der Waals surface area (Å²) in [6, 6.07) is 2.01. The molecule has 0 radical (unpaired) electrons. The van der Waals surface area contributed by atoms with Crippen molar-refractivity contribution in [2.45, 2.75) is 6.42 Å². The highest BCUT2D eigenvalue weighted by Crippen LogP contribution is 2.25. The quantitative estimate of drug-likeness (QED) is 0.801. The fourth-order valence-corrected chi connectivity index (χ4v) is 1.49. The molecule has 4 heteroatoms. The van der Waals surface area contributed by atoms with E-state index >= 15 is 0 Å². The standard InChI is InChI=1S/C10H9F2NO/c11-7-3-8(12)10-6(1-2-13)5-14-9(10)4-7/h3-5H,1-2,13H2. The van der Waals surface area contributed by atoms with E-state index in [-0.39, 0.29) is 5.58 Å². The molecule has 0 saturated carbocycles. The molecule has 2 rings (SSSR count). The van der Waals surface area contributed by atoms with E-state index < -0.39 is 11.6 Å². The first-order chi connectivity index (χ1) is 6.72. The van der Waals surface area contributed by atoms with Crippen molar-refractivity contribution >= 4 is 11.0 Å². The SMILES string of the molecule is NCCc1coc2cc(F)cc(F)c12. The van der Waals surface area contributed by atoms with E-state index in [0.29, 0.717) is 23.9 Å². The topological polar surface area (TPSA) is 39.2 Å². The van der Waals surface area contributed by atoms with Crippen LogP contribution in [0.25, 0.3) is 11.0 Å². The van der Waals surface area contributed by atoms with E-state index in [0.717, 1.165) is 6.07 Å². The van der Waals surface area contributed by atoms with E-state index in [1.807, 2.05) is 0 Å². The largest absolute Gasteiger partial charge is 0.464 e. The van der Waals surface area contributed by atoms with Crippen molar-refractivity contribution in [1.82, 2.24) is 0 Å². The van der Waals surface area contributed by atoms with Gasteiger partial charge in [0.1, 0.15) is 17.2 Å². The molecule has 0 fully saturated rings. The Morgan fingerprint density at radius 2 is 2.07 bits per heavy atom. The van der Waals surface area contributed by atoms with Crippen LogP contribution in [-0.4, -0.2) is 6.54 Å². The third kappa shape index (κ3) is 1.37. The molecule has 0 aliphatic heterocycles. The Hall–Kier alpha value is -1.42. The molecule has 0 aliphatic carbocycles. The second kappa shape index (κ2) is 3.38. The Balaban J connectivity index is 2.66. The summed E-state index contributed by atoms with van der Waals surface area (Å²) >= 11 is 0. The highest BCUT2D eigenvalue weighted by atomic mass is 19.1. The van der Waals surface area contributed by atoms with Crippen LogP contribution in [0.2, 0.25) is 0 Å². The number of nitrogens with two attached hydrogens (primary N) is 1. The van der Waals surface area contributed by atoms with E-state index in [2.05, 4.69) is 0 Å². The Labute approximate surface area is 79.3 Å². The second-order valence-corrected chi connectivity index (χ2v) is 3.06. The first-order valence-corrected chi connectivity index (χ1v) is 4.27. The fourth-order valence-electron chi connectivity index (χ4n) is 1.49. The number of halogens is 2. The highest BCUT2D eigenvalue weighted by Gasteiger charge is 2.11. The van der Waals surface area contributed by atoms with Crippen LogP contribution >= 0.6 is 0 Å². The highest BCUT2D eigenvalue weighted by molar-refractivity contribution is 5.81. The van der Waals surface area contributed by atoms with Crippen molar-refractivity contribution in [2.75, 3.05) is 6.54 Å². The van der Waals surface area contributed by atoms with Crippen LogP contribution in [0.3, 0.4) is 0 Å². The van der Waals surface area contributed by atoms with Gasteiger partial charge in [0, 0.05) is 17.7 Å². The molecule has 1 aromatic carbocycles. The molecule has 0 unspecified atom stereocenters. The number of fused-ring (bicyclic) bond motifs is 1. The van der Waals surface area contributed by atoms with Gasteiger partial charge in [-0.05, 0) is 13.0 Å². The summed E-state index contributed by atoms with van der Waals surface area (Å²) in [7, 11) is 0. The molecule has 2 nitrogen and oxygen atoms in total. The molecular formula is C10H9F2NO. The van der Waals surface area contributed by atoms with Gasteiger partial charge in [-0.1, -0.05) is 0 Å². The van der Waals surface area contributed by atoms with Gasteiger partial charge in [-0.15, -0.1) is 0 Å². The maximum atomic E-state index is 13.3. The van der Waals surface area contributed by atoms with Gasteiger partial charge in [-0.25, -0.2) is 8.78 Å². The third-order valence-electron chi connectivity index (χ3n) is 2.08. The van der Waals surface area contributed by atoms with E-state index in [1.165, 1.54) is 12.3 Å². The van der Waals surface area contributed by atoms with Crippen molar-refractivity contribution in [3.8, 4) is 0 Å². The maximum Gasteiger partial charge on any atom is 0.140 e. The lowest BCUT2D eigenvalue weighted by molar-refractivity contribution is 0.577. The number of hydrogen-bond acceptors (Lipinski definition) is 2. The smallest absolute Gasteiger partial charge is 0.140 e. The Kier molecular flexibility index (Phi) is 2.21. The van der Waals surface area contributed by atoms with Gasteiger partial charge in [0.25, 0.3) is 0 Å². The van der Waals surface area contributed by atoms with Crippen molar-refractivity contribution < 1.29 is 13.2 Å². The first-order valence-electron chi connectivity index (χ1n) is 4.27. The molecule has 1 aromatic heterocycles. The predicted molar refractivity (Wildman–Crippen MR) is 48.9 cm³/mol. The molecule has 1 heterocycles. The minimum absolute atomic E-state index is 0.228. The van der Waals surface area contributed by atoms with Crippen molar-refractivity contribution in [3.63, 3.8) is 0 Å². The second-order valence-electron chi connectivity index (χ2n) is 3.06. The Morgan fingerprint density at radius 1 is 1.29 bits per heavy atom. The minimum atomic E-state index is -0.636. The molecular weight excluding hydrogens is 188 g/mol. The molecule has 0 bridgehead atoms. The summed E-state index contributed by atoms with van der Waals surface area (Å²) in [5.41, 5.74) is 6.26. The van der Waals surface area contributed by atoms with Gasteiger partial charge in [-0.3, -0.25) is 0 Å². The van der Waals surface area contributed by atoms with E-state index in [4.69, 9.17) is 10.2 Å². The van der Waals surface area contributed by atoms with Gasteiger partial charge in [-0.2, -0.15) is 0 Å². The van der Waals surface area contributed by atoms with Gasteiger partial charge in [0.15, 0.2) is 0 Å². The van der Waals surface area contributed by atoms with Crippen LogP contribution in [0.1, 0.15) is 5.56 Å². The van der Waals surface area contributed by atoms with Crippen LogP contribution in [-0.2, 0) is 6.42 Å². The van der Waals surface area contributed by atoms with E-state index in [9.17, 15) is 8.78 Å².